The van der Waals surface area contributed by atoms with E-state index in [0.29, 0.717) is 0 Å². The Morgan fingerprint density at radius 2 is 2.00 bits per heavy atom. The van der Waals surface area contributed by atoms with Gasteiger partial charge in [-0.2, -0.15) is 0 Å². The Labute approximate surface area is 114 Å². The minimum Gasteiger partial charge on any atom is -0.481 e. The van der Waals surface area contributed by atoms with E-state index in [1.165, 1.54) is 25.3 Å². The van der Waals surface area contributed by atoms with Crippen molar-refractivity contribution < 1.29 is 24.2 Å². The van der Waals surface area contributed by atoms with E-state index < -0.39 is 17.8 Å². The first kappa shape index (κ1) is 15.0. The van der Waals surface area contributed by atoms with Gasteiger partial charge in [-0.25, -0.2) is 4.79 Å². The number of carbonyl (C=O) groups is 3. The van der Waals surface area contributed by atoms with Crippen LogP contribution in [0.25, 0.3) is 0 Å². The second-order valence-corrected chi connectivity index (χ2v) is 4.04. The van der Waals surface area contributed by atoms with Gasteiger partial charge in [-0.3, -0.25) is 9.59 Å². The average molecular weight is 286 g/mol. The highest BCUT2D eigenvalue weighted by Gasteiger charge is 2.12. The van der Waals surface area contributed by atoms with Crippen molar-refractivity contribution in [3.63, 3.8) is 0 Å². The third kappa shape index (κ3) is 4.59. The number of methoxy groups -OCH3 is 1. The number of carboxylic acids is 1. The molecule has 2 N–H and O–H groups in total. The Hall–Kier alpha value is -2.08. The molecule has 0 unspecified atom stereocenters. The maximum absolute atomic E-state index is 11.5. The number of halogens is 1. The number of carbonyl (C=O) groups excluding carboxylic acids is 2. The highest BCUT2D eigenvalue weighted by atomic mass is 35.5. The zero-order valence-corrected chi connectivity index (χ0v) is 10.9. The molecule has 0 radical (unpaired) electrons. The van der Waals surface area contributed by atoms with Gasteiger partial charge in [0, 0.05) is 6.42 Å². The molecule has 0 spiro atoms. The quantitative estimate of drug-likeness (QED) is 0.806. The molecule has 6 nitrogen and oxygen atoms in total. The molecule has 0 aromatic heterocycles. The number of amides is 1. The Morgan fingerprint density at radius 3 is 2.58 bits per heavy atom. The fourth-order valence-electron chi connectivity index (χ4n) is 1.30. The first-order valence-electron chi connectivity index (χ1n) is 5.33. The number of esters is 1. The van der Waals surface area contributed by atoms with Crippen LogP contribution in [-0.2, 0) is 14.3 Å². The molecule has 0 heterocycles. The standard InChI is InChI=1S/C12H12ClNO5/c1-19-12(18)7-2-3-8(13)9(6-7)14-10(15)4-5-11(16)17/h2-3,6H,4-5H2,1H3,(H,14,15)(H,16,17). The van der Waals surface area contributed by atoms with Crippen LogP contribution in [0.5, 0.6) is 0 Å². The molecule has 0 aliphatic carbocycles. The molecule has 1 aromatic rings. The van der Waals surface area contributed by atoms with E-state index in [1.807, 2.05) is 0 Å². The molecule has 1 rings (SSSR count). The zero-order chi connectivity index (χ0) is 14.4. The van der Waals surface area contributed by atoms with E-state index in [4.69, 9.17) is 16.7 Å². The van der Waals surface area contributed by atoms with Crippen LogP contribution < -0.4 is 5.32 Å². The summed E-state index contributed by atoms with van der Waals surface area (Å²) in [5, 5.41) is 11.2. The Balaban J connectivity index is 2.79. The van der Waals surface area contributed by atoms with E-state index >= 15 is 0 Å². The summed E-state index contributed by atoms with van der Waals surface area (Å²) >= 11 is 5.87. The molecule has 0 aliphatic heterocycles. The monoisotopic (exact) mass is 285 g/mol. The van der Waals surface area contributed by atoms with Gasteiger partial charge >= 0.3 is 11.9 Å². The van der Waals surface area contributed by atoms with E-state index in [9.17, 15) is 14.4 Å². The SMILES string of the molecule is COC(=O)c1ccc(Cl)c(NC(=O)CCC(=O)O)c1. The molecule has 102 valence electrons. The van der Waals surface area contributed by atoms with Crippen molar-refractivity contribution >= 4 is 35.1 Å². The van der Waals surface area contributed by atoms with Crippen molar-refractivity contribution in [2.45, 2.75) is 12.8 Å². The summed E-state index contributed by atoms with van der Waals surface area (Å²) < 4.78 is 4.54. The maximum atomic E-state index is 11.5. The molecule has 0 bridgehead atoms. The first-order valence-corrected chi connectivity index (χ1v) is 5.71. The van der Waals surface area contributed by atoms with Gasteiger partial charge in [0.2, 0.25) is 5.91 Å². The number of ether oxygens (including phenoxy) is 1. The van der Waals surface area contributed by atoms with Gasteiger partial charge in [-0.05, 0) is 18.2 Å². The Morgan fingerprint density at radius 1 is 1.32 bits per heavy atom. The normalized spacial score (nSPS) is 9.79. The summed E-state index contributed by atoms with van der Waals surface area (Å²) in [5.41, 5.74) is 0.473. The molecular weight excluding hydrogens is 274 g/mol. The molecule has 0 fully saturated rings. The highest BCUT2D eigenvalue weighted by Crippen LogP contribution is 2.23. The van der Waals surface area contributed by atoms with Crippen molar-refractivity contribution in [1.82, 2.24) is 0 Å². The molecule has 0 saturated carbocycles. The van der Waals surface area contributed by atoms with E-state index in [1.54, 1.807) is 0 Å². The summed E-state index contributed by atoms with van der Waals surface area (Å²) in [6, 6.07) is 4.27. The summed E-state index contributed by atoms with van der Waals surface area (Å²) in [7, 11) is 1.24. The van der Waals surface area contributed by atoms with Gasteiger partial charge in [-0.15, -0.1) is 0 Å². The maximum Gasteiger partial charge on any atom is 0.337 e. The predicted octanol–water partition coefficient (Wildman–Crippen LogP) is 1.93. The molecule has 19 heavy (non-hydrogen) atoms. The van der Waals surface area contributed by atoms with Crippen LogP contribution in [0.1, 0.15) is 23.2 Å². The minimum atomic E-state index is -1.07. The molecule has 7 heteroatoms. The lowest BCUT2D eigenvalue weighted by Gasteiger charge is -2.08. The van der Waals surface area contributed by atoms with Crippen molar-refractivity contribution in [3.8, 4) is 0 Å². The molecular formula is C12H12ClNO5. The fourth-order valence-corrected chi connectivity index (χ4v) is 1.46. The first-order chi connectivity index (χ1) is 8.93. The van der Waals surface area contributed by atoms with Gasteiger partial charge in [0.05, 0.1) is 29.8 Å². The van der Waals surface area contributed by atoms with Crippen LogP contribution in [0, 0.1) is 0 Å². The van der Waals surface area contributed by atoms with Crippen LogP contribution in [0.2, 0.25) is 5.02 Å². The Bertz CT molecular complexity index is 515. The van der Waals surface area contributed by atoms with E-state index in [0.717, 1.165) is 0 Å². The van der Waals surface area contributed by atoms with Crippen LogP contribution >= 0.6 is 11.6 Å². The van der Waals surface area contributed by atoms with Crippen LogP contribution in [0.4, 0.5) is 5.69 Å². The van der Waals surface area contributed by atoms with Crippen molar-refractivity contribution in [2.24, 2.45) is 0 Å². The van der Waals surface area contributed by atoms with Gasteiger partial charge < -0.3 is 15.2 Å². The molecule has 1 aromatic carbocycles. The lowest BCUT2D eigenvalue weighted by atomic mass is 10.2. The third-order valence-electron chi connectivity index (χ3n) is 2.23. The van der Waals surface area contributed by atoms with Crippen LogP contribution in [-0.4, -0.2) is 30.1 Å². The highest BCUT2D eigenvalue weighted by molar-refractivity contribution is 6.33. The number of nitrogens with one attached hydrogen (secondary N) is 1. The number of benzene rings is 1. The fraction of sp³-hybridized carbons (Fsp3) is 0.250. The van der Waals surface area contributed by atoms with Gasteiger partial charge in [0.1, 0.15) is 0 Å². The smallest absolute Gasteiger partial charge is 0.337 e. The second-order valence-electron chi connectivity index (χ2n) is 3.63. The second kappa shape index (κ2) is 6.75. The predicted molar refractivity (Wildman–Crippen MR) is 68.3 cm³/mol. The van der Waals surface area contributed by atoms with Gasteiger partial charge in [0.25, 0.3) is 0 Å². The molecule has 0 saturated heterocycles. The van der Waals surface area contributed by atoms with Crippen molar-refractivity contribution in [2.75, 3.05) is 12.4 Å². The number of hydrogen-bond donors (Lipinski definition) is 2. The average Bonchev–Trinajstić information content (AvgIpc) is 2.38. The molecule has 1 amide bonds. The minimum absolute atomic E-state index is 0.173. The largest absolute Gasteiger partial charge is 0.481 e. The van der Waals surface area contributed by atoms with E-state index in [-0.39, 0.29) is 29.1 Å². The lowest BCUT2D eigenvalue weighted by Crippen LogP contribution is -2.14. The van der Waals surface area contributed by atoms with Gasteiger partial charge in [0.15, 0.2) is 0 Å². The number of anilines is 1. The Kier molecular flexibility index (Phi) is 5.32. The zero-order valence-electron chi connectivity index (χ0n) is 10.1. The summed E-state index contributed by atoms with van der Waals surface area (Å²) in [5.74, 6) is -2.12. The number of aliphatic carboxylic acids is 1. The lowest BCUT2D eigenvalue weighted by molar-refractivity contribution is -0.138. The number of carboxylic acid groups (broad SMARTS) is 1. The van der Waals surface area contributed by atoms with Crippen molar-refractivity contribution in [1.29, 1.82) is 0 Å². The topological polar surface area (TPSA) is 92.7 Å². The van der Waals surface area contributed by atoms with E-state index in [2.05, 4.69) is 10.1 Å². The number of rotatable bonds is 5. The molecule has 0 atom stereocenters. The van der Waals surface area contributed by atoms with Crippen LogP contribution in [0.15, 0.2) is 18.2 Å². The summed E-state index contributed by atoms with van der Waals surface area (Å²) in [6.07, 6.45) is -0.450. The third-order valence-corrected chi connectivity index (χ3v) is 2.56. The van der Waals surface area contributed by atoms with Crippen molar-refractivity contribution in [3.05, 3.63) is 28.8 Å². The molecule has 0 aliphatic rings. The number of hydrogen-bond acceptors (Lipinski definition) is 4. The van der Waals surface area contributed by atoms with Crippen LogP contribution in [0.3, 0.4) is 0 Å². The van der Waals surface area contributed by atoms with Gasteiger partial charge in [-0.1, -0.05) is 11.6 Å². The summed E-state index contributed by atoms with van der Waals surface area (Å²) in [6.45, 7) is 0. The summed E-state index contributed by atoms with van der Waals surface area (Å²) in [4.78, 5) is 33.1.